The first-order valence-electron chi connectivity index (χ1n) is 5.55. The van der Waals surface area contributed by atoms with Crippen molar-refractivity contribution in [3.63, 3.8) is 0 Å². The minimum absolute atomic E-state index is 0.345. The molecule has 0 aliphatic rings. The first-order valence-corrected chi connectivity index (χ1v) is 6.34. The Morgan fingerprint density at radius 2 is 2.11 bits per heavy atom. The van der Waals surface area contributed by atoms with Crippen molar-refractivity contribution in [2.75, 3.05) is 19.0 Å². The molecule has 5 nitrogen and oxygen atoms in total. The maximum Gasteiger partial charge on any atom is 0.337 e. The number of hydrogen-bond acceptors (Lipinski definition) is 4. The molecule has 0 saturated heterocycles. The summed E-state index contributed by atoms with van der Waals surface area (Å²) in [6.07, 6.45) is 2.58. The van der Waals surface area contributed by atoms with Crippen LogP contribution < -0.4 is 5.32 Å². The number of ether oxygens (including phenoxy) is 2. The highest BCUT2D eigenvalue weighted by Crippen LogP contribution is 2.20. The molecule has 1 rings (SSSR count). The highest BCUT2D eigenvalue weighted by Gasteiger charge is 2.09. The van der Waals surface area contributed by atoms with Crippen LogP contribution in [0.25, 0.3) is 0 Å². The van der Waals surface area contributed by atoms with Crippen molar-refractivity contribution in [1.29, 1.82) is 0 Å². The van der Waals surface area contributed by atoms with Crippen LogP contribution in [-0.2, 0) is 14.3 Å². The van der Waals surface area contributed by atoms with Crippen LogP contribution in [0, 0.1) is 0 Å². The maximum atomic E-state index is 11.5. The number of carbonyl (C=O) groups excluding carboxylic acids is 2. The summed E-state index contributed by atoms with van der Waals surface area (Å²) in [5.74, 6) is -0.816. The monoisotopic (exact) mass is 327 g/mol. The number of esters is 1. The number of methoxy groups -OCH3 is 1. The van der Waals surface area contributed by atoms with Gasteiger partial charge in [0.05, 0.1) is 25.5 Å². The fraction of sp³-hybridized carbons (Fsp3) is 0.231. The molecule has 0 radical (unpaired) electrons. The SMILES string of the molecule is CCO/C=C/C(=O)Nc1cc(Br)cc(C(=O)OC)c1. The summed E-state index contributed by atoms with van der Waals surface area (Å²) in [7, 11) is 1.30. The molecule has 1 N–H and O–H groups in total. The van der Waals surface area contributed by atoms with Crippen LogP contribution in [0.4, 0.5) is 5.69 Å². The van der Waals surface area contributed by atoms with E-state index < -0.39 is 5.97 Å². The Hall–Kier alpha value is -1.82. The molecule has 1 aromatic rings. The van der Waals surface area contributed by atoms with Crippen molar-refractivity contribution in [2.24, 2.45) is 0 Å². The molecule has 0 heterocycles. The van der Waals surface area contributed by atoms with Crippen LogP contribution in [-0.4, -0.2) is 25.6 Å². The predicted molar refractivity (Wildman–Crippen MR) is 74.9 cm³/mol. The lowest BCUT2D eigenvalue weighted by atomic mass is 10.2. The minimum atomic E-state index is -0.471. The van der Waals surface area contributed by atoms with Gasteiger partial charge in [-0.1, -0.05) is 15.9 Å². The van der Waals surface area contributed by atoms with Crippen LogP contribution >= 0.6 is 15.9 Å². The van der Waals surface area contributed by atoms with E-state index >= 15 is 0 Å². The van der Waals surface area contributed by atoms with E-state index in [1.165, 1.54) is 25.5 Å². The molecule has 0 fully saturated rings. The first-order chi connectivity index (χ1) is 9.06. The number of amides is 1. The van der Waals surface area contributed by atoms with Gasteiger partial charge in [-0.05, 0) is 25.1 Å². The van der Waals surface area contributed by atoms with Crippen molar-refractivity contribution in [1.82, 2.24) is 0 Å². The molecule has 102 valence electrons. The smallest absolute Gasteiger partial charge is 0.337 e. The Morgan fingerprint density at radius 3 is 2.74 bits per heavy atom. The number of benzene rings is 1. The summed E-state index contributed by atoms with van der Waals surface area (Å²) < 4.78 is 10.2. The van der Waals surface area contributed by atoms with Crippen molar-refractivity contribution in [3.05, 3.63) is 40.6 Å². The van der Waals surface area contributed by atoms with E-state index in [4.69, 9.17) is 4.74 Å². The second-order valence-electron chi connectivity index (χ2n) is 3.47. The Kier molecular flexibility index (Phi) is 6.08. The van der Waals surface area contributed by atoms with Gasteiger partial charge in [0, 0.05) is 16.2 Å². The molecule has 0 saturated carbocycles. The van der Waals surface area contributed by atoms with Crippen molar-refractivity contribution >= 4 is 33.5 Å². The highest BCUT2D eigenvalue weighted by molar-refractivity contribution is 9.10. The van der Waals surface area contributed by atoms with Gasteiger partial charge in [0.1, 0.15) is 0 Å². The van der Waals surface area contributed by atoms with Crippen LogP contribution in [0.2, 0.25) is 0 Å². The van der Waals surface area contributed by atoms with Crippen LogP contribution in [0.3, 0.4) is 0 Å². The van der Waals surface area contributed by atoms with Crippen molar-refractivity contribution in [3.8, 4) is 0 Å². The van der Waals surface area contributed by atoms with Gasteiger partial charge in [0.25, 0.3) is 5.91 Å². The Bertz CT molecular complexity index is 499. The quantitative estimate of drug-likeness (QED) is 0.513. The number of halogens is 1. The van der Waals surface area contributed by atoms with Gasteiger partial charge < -0.3 is 14.8 Å². The molecule has 0 aromatic heterocycles. The van der Waals surface area contributed by atoms with E-state index in [0.717, 1.165) is 0 Å². The second-order valence-corrected chi connectivity index (χ2v) is 4.38. The summed E-state index contributed by atoms with van der Waals surface area (Å²) in [6.45, 7) is 2.31. The second kappa shape index (κ2) is 7.58. The van der Waals surface area contributed by atoms with Gasteiger partial charge in [-0.3, -0.25) is 4.79 Å². The van der Waals surface area contributed by atoms with Crippen molar-refractivity contribution < 1.29 is 19.1 Å². The molecule has 1 aromatic carbocycles. The van der Waals surface area contributed by atoms with Crippen LogP contribution in [0.15, 0.2) is 35.0 Å². The normalized spacial score (nSPS) is 10.3. The maximum absolute atomic E-state index is 11.5. The van der Waals surface area contributed by atoms with Crippen LogP contribution in [0.1, 0.15) is 17.3 Å². The number of hydrogen-bond donors (Lipinski definition) is 1. The zero-order valence-electron chi connectivity index (χ0n) is 10.6. The largest absolute Gasteiger partial charge is 0.501 e. The predicted octanol–water partition coefficient (Wildman–Crippen LogP) is 2.72. The molecule has 0 unspecified atom stereocenters. The van der Waals surface area contributed by atoms with E-state index in [2.05, 4.69) is 26.0 Å². The van der Waals surface area contributed by atoms with E-state index in [9.17, 15) is 9.59 Å². The van der Waals surface area contributed by atoms with Crippen LogP contribution in [0.5, 0.6) is 0 Å². The van der Waals surface area contributed by atoms with Gasteiger partial charge in [-0.15, -0.1) is 0 Å². The molecule has 0 aliphatic carbocycles. The fourth-order valence-corrected chi connectivity index (χ4v) is 1.78. The van der Waals surface area contributed by atoms with Gasteiger partial charge in [-0.2, -0.15) is 0 Å². The van der Waals surface area contributed by atoms with E-state index in [0.29, 0.717) is 22.3 Å². The molecule has 0 spiro atoms. The standard InChI is InChI=1S/C13H14BrNO4/c1-3-19-5-4-12(16)15-11-7-9(13(17)18-2)6-10(14)8-11/h4-8H,3H2,1-2H3,(H,15,16)/b5-4+. The topological polar surface area (TPSA) is 64.6 Å². The minimum Gasteiger partial charge on any atom is -0.501 e. The van der Waals surface area contributed by atoms with E-state index in [1.807, 2.05) is 6.92 Å². The number of carbonyl (C=O) groups is 2. The third kappa shape index (κ3) is 5.13. The average molecular weight is 328 g/mol. The Labute approximate surface area is 119 Å². The summed E-state index contributed by atoms with van der Waals surface area (Å²) >= 11 is 3.26. The number of nitrogens with one attached hydrogen (secondary N) is 1. The average Bonchev–Trinajstić information content (AvgIpc) is 2.37. The summed E-state index contributed by atoms with van der Waals surface area (Å²) in [5.41, 5.74) is 0.835. The molecule has 0 bridgehead atoms. The lowest BCUT2D eigenvalue weighted by molar-refractivity contribution is -0.112. The molecule has 0 atom stereocenters. The zero-order valence-corrected chi connectivity index (χ0v) is 12.2. The van der Waals surface area contributed by atoms with Crippen molar-refractivity contribution in [2.45, 2.75) is 6.92 Å². The van der Waals surface area contributed by atoms with E-state index in [1.54, 1.807) is 12.1 Å². The van der Waals surface area contributed by atoms with Gasteiger partial charge in [0.15, 0.2) is 0 Å². The third-order valence-corrected chi connectivity index (χ3v) is 2.53. The molecule has 6 heteroatoms. The van der Waals surface area contributed by atoms with E-state index in [-0.39, 0.29) is 5.91 Å². The summed E-state index contributed by atoms with van der Waals surface area (Å²) in [5, 5.41) is 2.62. The first kappa shape index (κ1) is 15.2. The Balaban J connectivity index is 2.81. The number of anilines is 1. The highest BCUT2D eigenvalue weighted by atomic mass is 79.9. The van der Waals surface area contributed by atoms with Gasteiger partial charge in [0.2, 0.25) is 0 Å². The molecule has 19 heavy (non-hydrogen) atoms. The molecule has 1 amide bonds. The third-order valence-electron chi connectivity index (χ3n) is 2.07. The molecular weight excluding hydrogens is 314 g/mol. The zero-order chi connectivity index (χ0) is 14.3. The van der Waals surface area contributed by atoms with Gasteiger partial charge >= 0.3 is 5.97 Å². The van der Waals surface area contributed by atoms with Gasteiger partial charge in [-0.25, -0.2) is 4.79 Å². The lowest BCUT2D eigenvalue weighted by Crippen LogP contribution is -2.09. The molecular formula is C13H14BrNO4. The number of rotatable bonds is 5. The Morgan fingerprint density at radius 1 is 1.37 bits per heavy atom. The molecule has 0 aliphatic heterocycles. The summed E-state index contributed by atoms with van der Waals surface area (Å²) in [6, 6.07) is 4.82. The fourth-order valence-electron chi connectivity index (χ4n) is 1.29. The lowest BCUT2D eigenvalue weighted by Gasteiger charge is -2.06. The summed E-state index contributed by atoms with van der Waals surface area (Å²) in [4.78, 5) is 23.0.